The highest BCUT2D eigenvalue weighted by Gasteiger charge is 2.34. The third-order valence-corrected chi connectivity index (χ3v) is 4.16. The van der Waals surface area contributed by atoms with Gasteiger partial charge in [-0.3, -0.25) is 10.1 Å². The summed E-state index contributed by atoms with van der Waals surface area (Å²) in [5.74, 6) is 0.644. The lowest BCUT2D eigenvalue weighted by Crippen LogP contribution is -2.59. The monoisotopic (exact) mass is 279 g/mol. The Balaban J connectivity index is 1.53. The summed E-state index contributed by atoms with van der Waals surface area (Å²) in [5, 5.41) is 6.31. The topological polar surface area (TPSA) is 57.5 Å². The molecule has 1 aromatic rings. The molecule has 5 nitrogen and oxygen atoms in total. The fourth-order valence-electron chi connectivity index (χ4n) is 2.91. The van der Waals surface area contributed by atoms with Crippen LogP contribution in [0.2, 0.25) is 0 Å². The molecular weight excluding hydrogens is 262 g/mol. The van der Waals surface area contributed by atoms with Gasteiger partial charge >= 0.3 is 0 Å². The molecular formula is C13H17N3O2S. The fourth-order valence-corrected chi connectivity index (χ4v) is 3.15. The molecule has 4 rings (SSSR count). The quantitative estimate of drug-likeness (QED) is 0.790. The average Bonchev–Trinajstić information content (AvgIpc) is 2.94. The molecule has 2 bridgehead atoms. The van der Waals surface area contributed by atoms with Crippen LogP contribution < -0.4 is 10.6 Å². The van der Waals surface area contributed by atoms with E-state index in [1.54, 1.807) is 12.1 Å². The van der Waals surface area contributed by atoms with Gasteiger partial charge in [0, 0.05) is 12.6 Å². The molecule has 0 aliphatic carbocycles. The molecule has 1 atom stereocenters. The highest BCUT2D eigenvalue weighted by atomic mass is 32.1. The summed E-state index contributed by atoms with van der Waals surface area (Å²) in [6.07, 6.45) is 3.90. The van der Waals surface area contributed by atoms with E-state index in [-0.39, 0.29) is 11.7 Å². The summed E-state index contributed by atoms with van der Waals surface area (Å²) in [5.41, 5.74) is 0. The molecule has 0 saturated carbocycles. The number of fused-ring (bicyclic) bond motifs is 3. The first kappa shape index (κ1) is 12.6. The van der Waals surface area contributed by atoms with Gasteiger partial charge in [0.15, 0.2) is 10.9 Å². The molecule has 3 aliphatic rings. The van der Waals surface area contributed by atoms with Crippen molar-refractivity contribution in [3.63, 3.8) is 0 Å². The molecule has 0 aromatic carbocycles. The Morgan fingerprint density at radius 3 is 2.79 bits per heavy atom. The first-order chi connectivity index (χ1) is 9.22. The Morgan fingerprint density at radius 2 is 2.21 bits per heavy atom. The number of hydrogen-bond donors (Lipinski definition) is 2. The molecule has 3 saturated heterocycles. The number of nitrogens with zero attached hydrogens (tertiary/aromatic N) is 1. The molecule has 1 aromatic heterocycles. The zero-order valence-corrected chi connectivity index (χ0v) is 11.4. The van der Waals surface area contributed by atoms with Gasteiger partial charge in [-0.15, -0.1) is 0 Å². The third-order valence-electron chi connectivity index (χ3n) is 3.94. The number of furan rings is 1. The summed E-state index contributed by atoms with van der Waals surface area (Å²) in [6.45, 7) is 3.39. The van der Waals surface area contributed by atoms with Crippen LogP contribution in [0.15, 0.2) is 22.8 Å². The van der Waals surface area contributed by atoms with E-state index >= 15 is 0 Å². The number of rotatable bonds is 2. The van der Waals surface area contributed by atoms with Gasteiger partial charge in [-0.1, -0.05) is 0 Å². The van der Waals surface area contributed by atoms with E-state index in [2.05, 4.69) is 15.5 Å². The van der Waals surface area contributed by atoms with Crippen LogP contribution >= 0.6 is 12.2 Å². The zero-order chi connectivity index (χ0) is 13.2. The summed E-state index contributed by atoms with van der Waals surface area (Å²) in [7, 11) is 0. The highest BCUT2D eigenvalue weighted by molar-refractivity contribution is 7.80. The number of nitrogens with one attached hydrogen (secondary N) is 2. The van der Waals surface area contributed by atoms with Gasteiger partial charge < -0.3 is 14.6 Å². The molecule has 2 N–H and O–H groups in total. The summed E-state index contributed by atoms with van der Waals surface area (Å²) in [6, 6.07) is 3.65. The lowest BCUT2D eigenvalue weighted by molar-refractivity contribution is 0.0805. The Morgan fingerprint density at radius 1 is 1.42 bits per heavy atom. The van der Waals surface area contributed by atoms with E-state index in [1.165, 1.54) is 32.2 Å². The minimum absolute atomic E-state index is 0.276. The van der Waals surface area contributed by atoms with Gasteiger partial charge in [0.25, 0.3) is 5.91 Å². The average molecular weight is 279 g/mol. The van der Waals surface area contributed by atoms with Gasteiger partial charge in [0.2, 0.25) is 0 Å². The second-order valence-corrected chi connectivity index (χ2v) is 5.56. The van der Waals surface area contributed by atoms with Crippen molar-refractivity contribution in [1.29, 1.82) is 0 Å². The molecule has 3 fully saturated rings. The lowest BCUT2D eigenvalue weighted by Gasteiger charge is -2.45. The maximum atomic E-state index is 11.8. The molecule has 4 heterocycles. The van der Waals surface area contributed by atoms with Crippen LogP contribution in [0.4, 0.5) is 0 Å². The first-order valence-corrected chi connectivity index (χ1v) is 7.01. The van der Waals surface area contributed by atoms with Crippen molar-refractivity contribution in [2.45, 2.75) is 18.9 Å². The molecule has 6 heteroatoms. The molecule has 1 amide bonds. The standard InChI is InChI=1S/C13H17N3O2S/c17-12(11-2-1-7-18-11)15-13(19)14-10-8-16-5-3-9(10)4-6-16/h1-2,7,9-10H,3-6,8H2,(H2,14,15,17,19). The van der Waals surface area contributed by atoms with Crippen LogP contribution in [-0.2, 0) is 0 Å². The van der Waals surface area contributed by atoms with E-state index in [4.69, 9.17) is 16.6 Å². The minimum Gasteiger partial charge on any atom is -0.459 e. The molecule has 3 aliphatic heterocycles. The van der Waals surface area contributed by atoms with Crippen LogP contribution in [0.25, 0.3) is 0 Å². The predicted octanol–water partition coefficient (Wildman–Crippen LogP) is 0.978. The predicted molar refractivity (Wildman–Crippen MR) is 74.9 cm³/mol. The number of carbonyl (C=O) groups is 1. The van der Waals surface area contributed by atoms with Gasteiger partial charge in [-0.2, -0.15) is 0 Å². The molecule has 0 radical (unpaired) electrons. The van der Waals surface area contributed by atoms with Gasteiger partial charge in [0.05, 0.1) is 6.26 Å². The number of carbonyl (C=O) groups excluding carboxylic acids is 1. The smallest absolute Gasteiger partial charge is 0.293 e. The Kier molecular flexibility index (Phi) is 3.52. The van der Waals surface area contributed by atoms with Crippen LogP contribution in [0.5, 0.6) is 0 Å². The second-order valence-electron chi connectivity index (χ2n) is 5.15. The van der Waals surface area contributed by atoms with E-state index in [0.29, 0.717) is 17.1 Å². The van der Waals surface area contributed by atoms with Crippen molar-refractivity contribution in [3.8, 4) is 0 Å². The fraction of sp³-hybridized carbons (Fsp3) is 0.538. The Hall–Kier alpha value is -1.40. The molecule has 102 valence electrons. The van der Waals surface area contributed by atoms with Crippen molar-refractivity contribution in [2.75, 3.05) is 19.6 Å². The largest absolute Gasteiger partial charge is 0.459 e. The van der Waals surface area contributed by atoms with Crippen LogP contribution in [0.1, 0.15) is 23.4 Å². The third kappa shape index (κ3) is 2.79. The summed E-state index contributed by atoms with van der Waals surface area (Å²) in [4.78, 5) is 14.2. The number of amides is 1. The van der Waals surface area contributed by atoms with Crippen molar-refractivity contribution in [3.05, 3.63) is 24.2 Å². The molecule has 19 heavy (non-hydrogen) atoms. The lowest BCUT2D eigenvalue weighted by atomic mass is 9.84. The summed E-state index contributed by atoms with van der Waals surface area (Å²) >= 11 is 5.20. The van der Waals surface area contributed by atoms with Gasteiger partial charge in [-0.05, 0) is 56.2 Å². The SMILES string of the molecule is O=C(NC(=S)NC1CN2CCC1CC2)c1ccco1. The number of piperidine rings is 3. The van der Waals surface area contributed by atoms with Crippen molar-refractivity contribution >= 4 is 23.2 Å². The van der Waals surface area contributed by atoms with E-state index in [0.717, 1.165) is 6.54 Å². The summed E-state index contributed by atoms with van der Waals surface area (Å²) < 4.78 is 5.03. The molecule has 1 unspecified atom stereocenters. The highest BCUT2D eigenvalue weighted by Crippen LogP contribution is 2.27. The van der Waals surface area contributed by atoms with Crippen molar-refractivity contribution in [2.24, 2.45) is 5.92 Å². The Bertz CT molecular complexity index is 466. The van der Waals surface area contributed by atoms with E-state index in [9.17, 15) is 4.79 Å². The van der Waals surface area contributed by atoms with Crippen molar-refractivity contribution < 1.29 is 9.21 Å². The normalized spacial score (nSPS) is 28.9. The maximum Gasteiger partial charge on any atom is 0.293 e. The van der Waals surface area contributed by atoms with Gasteiger partial charge in [0.1, 0.15) is 0 Å². The van der Waals surface area contributed by atoms with Crippen LogP contribution in [-0.4, -0.2) is 41.6 Å². The van der Waals surface area contributed by atoms with Gasteiger partial charge in [-0.25, -0.2) is 0 Å². The van der Waals surface area contributed by atoms with Crippen molar-refractivity contribution in [1.82, 2.24) is 15.5 Å². The zero-order valence-electron chi connectivity index (χ0n) is 10.6. The van der Waals surface area contributed by atoms with Crippen LogP contribution in [0.3, 0.4) is 0 Å². The maximum absolute atomic E-state index is 11.8. The second kappa shape index (κ2) is 5.30. The Labute approximate surface area is 117 Å². The van der Waals surface area contributed by atoms with Crippen LogP contribution in [0, 0.1) is 5.92 Å². The molecule has 0 spiro atoms. The van der Waals surface area contributed by atoms with E-state index in [1.807, 2.05) is 0 Å². The minimum atomic E-state index is -0.302. The number of thiocarbonyl (C=S) groups is 1. The number of hydrogen-bond acceptors (Lipinski definition) is 4. The van der Waals surface area contributed by atoms with E-state index < -0.39 is 0 Å². The first-order valence-electron chi connectivity index (χ1n) is 6.60.